The third-order valence-electron chi connectivity index (χ3n) is 4.24. The van der Waals surface area contributed by atoms with Crippen LogP contribution in [0.25, 0.3) is 5.65 Å². The van der Waals surface area contributed by atoms with Gasteiger partial charge in [-0.15, -0.1) is 10.2 Å². The summed E-state index contributed by atoms with van der Waals surface area (Å²) < 4.78 is 7.39. The van der Waals surface area contributed by atoms with Gasteiger partial charge < -0.3 is 15.4 Å². The number of methoxy groups -OCH3 is 1. The average Bonchev–Trinajstić information content (AvgIpc) is 2.89. The van der Waals surface area contributed by atoms with Crippen LogP contribution in [0.15, 0.2) is 12.4 Å². The molecule has 0 unspecified atom stereocenters. The molecule has 2 aromatic heterocycles. The molecule has 1 fully saturated rings. The highest BCUT2D eigenvalue weighted by Gasteiger charge is 2.32. The summed E-state index contributed by atoms with van der Waals surface area (Å²) in [6.07, 6.45) is 5.85. The van der Waals surface area contributed by atoms with E-state index in [1.54, 1.807) is 13.3 Å². The molecule has 1 saturated heterocycles. The molecule has 0 aliphatic carbocycles. The second-order valence-electron chi connectivity index (χ2n) is 5.75. The maximum atomic E-state index is 5.44. The maximum absolute atomic E-state index is 5.44. The molecule has 0 aromatic carbocycles. The Kier molecular flexibility index (Phi) is 4.03. The molecule has 1 aliphatic rings. The molecule has 0 bridgehead atoms. The number of aromatic nitrogens is 4. The van der Waals surface area contributed by atoms with Crippen molar-refractivity contribution >= 4 is 11.5 Å². The first-order valence-corrected chi connectivity index (χ1v) is 7.34. The Bertz CT molecular complexity index is 599. The van der Waals surface area contributed by atoms with Crippen LogP contribution < -0.4 is 10.6 Å². The van der Waals surface area contributed by atoms with Crippen molar-refractivity contribution in [3.8, 4) is 0 Å². The van der Waals surface area contributed by atoms with Gasteiger partial charge >= 0.3 is 0 Å². The Labute approximate surface area is 124 Å². The Balaban J connectivity index is 1.78. The summed E-state index contributed by atoms with van der Waals surface area (Å²) in [6, 6.07) is 0. The van der Waals surface area contributed by atoms with Gasteiger partial charge in [-0.3, -0.25) is 4.40 Å². The molecule has 2 aromatic rings. The van der Waals surface area contributed by atoms with Gasteiger partial charge in [0.2, 0.25) is 5.65 Å². The predicted molar refractivity (Wildman–Crippen MR) is 80.4 cm³/mol. The van der Waals surface area contributed by atoms with Crippen LogP contribution in [0.1, 0.15) is 18.7 Å². The van der Waals surface area contributed by atoms with E-state index in [2.05, 4.69) is 25.8 Å². The number of rotatable bonds is 5. The summed E-state index contributed by atoms with van der Waals surface area (Å²) in [4.78, 5) is 4.40. The molecule has 21 heavy (non-hydrogen) atoms. The third kappa shape index (κ3) is 2.84. The highest BCUT2D eigenvalue weighted by molar-refractivity contribution is 5.62. The van der Waals surface area contributed by atoms with Crippen LogP contribution in [0.3, 0.4) is 0 Å². The van der Waals surface area contributed by atoms with Crippen LogP contribution in [0, 0.1) is 12.3 Å². The molecule has 2 N–H and O–H groups in total. The van der Waals surface area contributed by atoms with Gasteiger partial charge in [0.15, 0.2) is 5.82 Å². The molecule has 7 nitrogen and oxygen atoms in total. The van der Waals surface area contributed by atoms with Crippen molar-refractivity contribution in [2.45, 2.75) is 19.8 Å². The van der Waals surface area contributed by atoms with E-state index in [1.807, 2.05) is 17.5 Å². The molecular formula is C14H22N6O. The van der Waals surface area contributed by atoms with Crippen LogP contribution in [0.2, 0.25) is 0 Å². The minimum absolute atomic E-state index is 0.156. The largest absolute Gasteiger partial charge is 0.384 e. The van der Waals surface area contributed by atoms with Gasteiger partial charge in [-0.05, 0) is 32.9 Å². The fourth-order valence-corrected chi connectivity index (χ4v) is 2.97. The molecule has 0 atom stereocenters. The summed E-state index contributed by atoms with van der Waals surface area (Å²) in [6.45, 7) is 5.60. The van der Waals surface area contributed by atoms with E-state index in [0.29, 0.717) is 0 Å². The van der Waals surface area contributed by atoms with Crippen LogP contribution in [0.5, 0.6) is 0 Å². The van der Waals surface area contributed by atoms with Crippen LogP contribution in [0.4, 0.5) is 5.82 Å². The molecule has 0 radical (unpaired) electrons. The van der Waals surface area contributed by atoms with Crippen LogP contribution in [-0.2, 0) is 4.74 Å². The van der Waals surface area contributed by atoms with Crippen molar-refractivity contribution in [1.29, 1.82) is 0 Å². The lowest BCUT2D eigenvalue weighted by molar-refractivity contribution is 0.0635. The number of aryl methyl sites for hydroxylation is 1. The summed E-state index contributed by atoms with van der Waals surface area (Å²) in [7, 11) is 1.77. The van der Waals surface area contributed by atoms with Crippen molar-refractivity contribution in [3.05, 3.63) is 18.2 Å². The fourth-order valence-electron chi connectivity index (χ4n) is 2.97. The van der Waals surface area contributed by atoms with E-state index < -0.39 is 0 Å². The zero-order valence-corrected chi connectivity index (χ0v) is 12.6. The second kappa shape index (κ2) is 5.95. The summed E-state index contributed by atoms with van der Waals surface area (Å²) >= 11 is 0. The number of piperidine rings is 1. The Morgan fingerprint density at radius 1 is 1.38 bits per heavy atom. The lowest BCUT2D eigenvalue weighted by atomic mass is 9.79. The molecular weight excluding hydrogens is 268 g/mol. The molecule has 7 heteroatoms. The van der Waals surface area contributed by atoms with Gasteiger partial charge in [0, 0.05) is 31.5 Å². The number of ether oxygens (including phenoxy) is 1. The van der Waals surface area contributed by atoms with Gasteiger partial charge in [-0.1, -0.05) is 0 Å². The fraction of sp³-hybridized carbons (Fsp3) is 0.643. The molecule has 3 heterocycles. The number of nitrogens with zero attached hydrogens (tertiary/aromatic N) is 4. The molecule has 3 rings (SSSR count). The molecule has 114 valence electrons. The van der Waals surface area contributed by atoms with Gasteiger partial charge in [0.05, 0.1) is 6.61 Å². The van der Waals surface area contributed by atoms with Crippen molar-refractivity contribution < 1.29 is 4.74 Å². The topological polar surface area (TPSA) is 76.4 Å². The van der Waals surface area contributed by atoms with Crippen molar-refractivity contribution in [3.63, 3.8) is 0 Å². The molecule has 0 saturated carbocycles. The Morgan fingerprint density at radius 2 is 2.19 bits per heavy atom. The van der Waals surface area contributed by atoms with E-state index in [9.17, 15) is 0 Å². The minimum atomic E-state index is 0.156. The third-order valence-corrected chi connectivity index (χ3v) is 4.24. The second-order valence-corrected chi connectivity index (χ2v) is 5.75. The number of hydrogen-bond donors (Lipinski definition) is 2. The Hall–Kier alpha value is -1.73. The normalized spacial score (nSPS) is 18.0. The lowest BCUT2D eigenvalue weighted by Gasteiger charge is -2.37. The first kappa shape index (κ1) is 14.2. The van der Waals surface area contributed by atoms with E-state index in [0.717, 1.165) is 56.4 Å². The highest BCUT2D eigenvalue weighted by atomic mass is 16.5. The SMILES string of the molecule is COCC1(CNc2nccn3c(C)nnc23)CCNCC1. The van der Waals surface area contributed by atoms with Crippen LogP contribution >= 0.6 is 0 Å². The van der Waals surface area contributed by atoms with Gasteiger partial charge in [0.25, 0.3) is 0 Å². The smallest absolute Gasteiger partial charge is 0.203 e. The monoisotopic (exact) mass is 290 g/mol. The van der Waals surface area contributed by atoms with E-state index in [4.69, 9.17) is 4.74 Å². The standard InChI is InChI=1S/C14H22N6O/c1-11-18-19-13-12(16-7-8-20(11)13)17-9-14(10-21-2)3-5-15-6-4-14/h7-8,15H,3-6,9-10H2,1-2H3,(H,16,17). The van der Waals surface area contributed by atoms with E-state index in [-0.39, 0.29) is 5.41 Å². The zero-order valence-electron chi connectivity index (χ0n) is 12.6. The van der Waals surface area contributed by atoms with Gasteiger partial charge in [-0.25, -0.2) is 4.98 Å². The summed E-state index contributed by atoms with van der Waals surface area (Å²) in [5.74, 6) is 1.65. The van der Waals surface area contributed by atoms with Gasteiger partial charge in [0.1, 0.15) is 5.82 Å². The number of hydrogen-bond acceptors (Lipinski definition) is 6. The van der Waals surface area contributed by atoms with Crippen molar-refractivity contribution in [2.24, 2.45) is 5.41 Å². The molecule has 0 amide bonds. The van der Waals surface area contributed by atoms with Crippen molar-refractivity contribution in [2.75, 3.05) is 38.7 Å². The lowest BCUT2D eigenvalue weighted by Crippen LogP contribution is -2.44. The number of anilines is 1. The molecule has 1 aliphatic heterocycles. The number of nitrogens with one attached hydrogen (secondary N) is 2. The predicted octanol–water partition coefficient (Wildman–Crippen LogP) is 0.861. The first-order chi connectivity index (χ1) is 10.2. The summed E-state index contributed by atoms with van der Waals surface area (Å²) in [5.41, 5.74) is 0.931. The Morgan fingerprint density at radius 3 is 2.95 bits per heavy atom. The minimum Gasteiger partial charge on any atom is -0.384 e. The quantitative estimate of drug-likeness (QED) is 0.850. The average molecular weight is 290 g/mol. The highest BCUT2D eigenvalue weighted by Crippen LogP contribution is 2.29. The zero-order chi connectivity index (χ0) is 14.7. The van der Waals surface area contributed by atoms with Crippen molar-refractivity contribution in [1.82, 2.24) is 24.9 Å². The van der Waals surface area contributed by atoms with E-state index >= 15 is 0 Å². The van der Waals surface area contributed by atoms with Crippen LogP contribution in [-0.4, -0.2) is 52.9 Å². The first-order valence-electron chi connectivity index (χ1n) is 7.34. The molecule has 0 spiro atoms. The van der Waals surface area contributed by atoms with Gasteiger partial charge in [-0.2, -0.15) is 0 Å². The summed E-state index contributed by atoms with van der Waals surface area (Å²) in [5, 5.41) is 15.2. The maximum Gasteiger partial charge on any atom is 0.203 e. The van der Waals surface area contributed by atoms with E-state index in [1.165, 1.54) is 0 Å². The number of fused-ring (bicyclic) bond motifs is 1.